The summed E-state index contributed by atoms with van der Waals surface area (Å²) in [5, 5.41) is 12.7. The molecule has 0 saturated heterocycles. The summed E-state index contributed by atoms with van der Waals surface area (Å²) in [6.45, 7) is 7.00. The van der Waals surface area contributed by atoms with Crippen molar-refractivity contribution in [1.82, 2.24) is 4.98 Å². The molecule has 3 rings (SSSR count). The Balaban J connectivity index is 2.14. The molecule has 0 fully saturated rings. The van der Waals surface area contributed by atoms with Crippen LogP contribution in [0, 0.1) is 12.3 Å². The molecule has 0 saturated carbocycles. The predicted octanol–water partition coefficient (Wildman–Crippen LogP) is 6.14. The molecule has 4 nitrogen and oxygen atoms in total. The number of fused-ring (bicyclic) bond motifs is 1. The third-order valence-corrected chi connectivity index (χ3v) is 5.14. The third kappa shape index (κ3) is 4.72. The van der Waals surface area contributed by atoms with E-state index in [9.17, 15) is 9.90 Å². The van der Waals surface area contributed by atoms with Gasteiger partial charge in [0, 0.05) is 26.7 Å². The van der Waals surface area contributed by atoms with Crippen LogP contribution < -0.4 is 0 Å². The minimum Gasteiger partial charge on any atom is -0.462 e. The molecule has 0 radical (unpaired) electrons. The number of aliphatic hydroxyl groups excluding tert-OH is 1. The van der Waals surface area contributed by atoms with Gasteiger partial charge < -0.3 is 9.84 Å². The number of ether oxygens (including phenoxy) is 1. The lowest BCUT2D eigenvalue weighted by atomic mass is 9.92. The molecule has 29 heavy (non-hydrogen) atoms. The molecule has 152 valence electrons. The molecule has 0 unspecified atom stereocenters. The number of halogens is 2. The number of aryl methyl sites for hydroxylation is 1. The van der Waals surface area contributed by atoms with Gasteiger partial charge in [-0.25, -0.2) is 0 Å². The van der Waals surface area contributed by atoms with Crippen molar-refractivity contribution in [3.63, 3.8) is 0 Å². The third-order valence-electron chi connectivity index (χ3n) is 4.57. The van der Waals surface area contributed by atoms with Crippen molar-refractivity contribution in [2.45, 2.75) is 33.8 Å². The molecule has 0 aliphatic heterocycles. The molecular formula is C23H23Cl2NO3. The highest BCUT2D eigenvalue weighted by Crippen LogP contribution is 2.40. The second kappa shape index (κ2) is 8.31. The molecular weight excluding hydrogens is 409 g/mol. The highest BCUT2D eigenvalue weighted by molar-refractivity contribution is 6.33. The van der Waals surface area contributed by atoms with Crippen LogP contribution in [0.2, 0.25) is 10.0 Å². The number of benzene rings is 2. The van der Waals surface area contributed by atoms with E-state index < -0.39 is 17.5 Å². The zero-order chi connectivity index (χ0) is 21.3. The van der Waals surface area contributed by atoms with Crippen LogP contribution in [0.3, 0.4) is 0 Å². The molecule has 0 aliphatic carbocycles. The van der Waals surface area contributed by atoms with Crippen molar-refractivity contribution in [3.05, 3.63) is 63.8 Å². The summed E-state index contributed by atoms with van der Waals surface area (Å²) in [5.41, 5.74) is 3.01. The largest absolute Gasteiger partial charge is 0.462 e. The van der Waals surface area contributed by atoms with Crippen LogP contribution in [0.25, 0.3) is 22.0 Å². The number of hydrogen-bond donors (Lipinski definition) is 1. The monoisotopic (exact) mass is 431 g/mol. The molecule has 3 aromatic rings. The van der Waals surface area contributed by atoms with Crippen molar-refractivity contribution in [2.75, 3.05) is 6.61 Å². The Kier molecular flexibility index (Phi) is 6.18. The maximum Gasteiger partial charge on any atom is 0.311 e. The summed E-state index contributed by atoms with van der Waals surface area (Å²) in [4.78, 5) is 16.7. The van der Waals surface area contributed by atoms with E-state index in [2.05, 4.69) is 4.98 Å². The van der Waals surface area contributed by atoms with E-state index in [1.807, 2.05) is 31.2 Å². The number of hydrogen-bond acceptors (Lipinski definition) is 4. The van der Waals surface area contributed by atoms with Crippen LogP contribution in [0.5, 0.6) is 0 Å². The maximum absolute atomic E-state index is 12.1. The number of rotatable bonds is 4. The number of aliphatic hydroxyl groups is 1. The highest BCUT2D eigenvalue weighted by atomic mass is 35.5. The summed E-state index contributed by atoms with van der Waals surface area (Å²) in [6, 6.07) is 12.9. The van der Waals surface area contributed by atoms with E-state index in [1.165, 1.54) is 0 Å². The molecule has 0 aliphatic rings. The van der Waals surface area contributed by atoms with Crippen molar-refractivity contribution >= 4 is 40.1 Å². The highest BCUT2D eigenvalue weighted by Gasteiger charge is 2.26. The van der Waals surface area contributed by atoms with Gasteiger partial charge in [0.1, 0.15) is 12.7 Å². The maximum atomic E-state index is 12.1. The zero-order valence-electron chi connectivity index (χ0n) is 16.8. The lowest BCUT2D eigenvalue weighted by Gasteiger charge is -2.22. The Morgan fingerprint density at radius 3 is 2.41 bits per heavy atom. The van der Waals surface area contributed by atoms with Gasteiger partial charge in [0.05, 0.1) is 10.9 Å². The van der Waals surface area contributed by atoms with Crippen molar-refractivity contribution in [2.24, 2.45) is 5.41 Å². The first-order valence-corrected chi connectivity index (χ1v) is 10.0. The van der Waals surface area contributed by atoms with Crippen molar-refractivity contribution in [3.8, 4) is 11.1 Å². The summed E-state index contributed by atoms with van der Waals surface area (Å²) in [5.74, 6) is -0.390. The van der Waals surface area contributed by atoms with Gasteiger partial charge in [0.25, 0.3) is 0 Å². The minimum absolute atomic E-state index is 0.193. The number of pyridine rings is 1. The number of aromatic nitrogens is 1. The van der Waals surface area contributed by atoms with Gasteiger partial charge in [-0.05, 0) is 63.1 Å². The lowest BCUT2D eigenvalue weighted by molar-refractivity contribution is -0.156. The summed E-state index contributed by atoms with van der Waals surface area (Å²) < 4.78 is 5.33. The second-order valence-electron chi connectivity index (χ2n) is 8.04. The molecule has 6 heteroatoms. The fourth-order valence-corrected chi connectivity index (χ4v) is 3.52. The Labute approximate surface area is 180 Å². The Hall–Kier alpha value is -2.14. The number of carbonyl (C=O) groups excluding carboxylic acids is 1. The average Bonchev–Trinajstić information content (AvgIpc) is 2.64. The van der Waals surface area contributed by atoms with E-state index in [4.69, 9.17) is 27.9 Å². The molecule has 1 aromatic heterocycles. The standard InChI is InChI=1S/C23H23Cl2NO3/c1-13-5-10-16-18(26-13)11-17(25)21(19(27)12-29-22(28)23(2,3)4)20(16)14-6-8-15(24)9-7-14/h5-11,19,27H,12H2,1-4H3/t19-/m0/s1. The quantitative estimate of drug-likeness (QED) is 0.503. The van der Waals surface area contributed by atoms with Gasteiger partial charge in [-0.3, -0.25) is 9.78 Å². The average molecular weight is 432 g/mol. The smallest absolute Gasteiger partial charge is 0.311 e. The van der Waals surface area contributed by atoms with Gasteiger partial charge in [0.15, 0.2) is 0 Å². The molecule has 1 atom stereocenters. The minimum atomic E-state index is -1.09. The van der Waals surface area contributed by atoms with E-state index >= 15 is 0 Å². The normalized spacial score (nSPS) is 12.8. The summed E-state index contributed by atoms with van der Waals surface area (Å²) in [6.07, 6.45) is -1.09. The molecule has 1 heterocycles. The summed E-state index contributed by atoms with van der Waals surface area (Å²) in [7, 11) is 0. The summed E-state index contributed by atoms with van der Waals surface area (Å²) >= 11 is 12.6. The first-order valence-electron chi connectivity index (χ1n) is 9.29. The molecule has 0 bridgehead atoms. The van der Waals surface area contributed by atoms with Crippen LogP contribution in [0.1, 0.15) is 38.1 Å². The van der Waals surface area contributed by atoms with E-state index in [1.54, 1.807) is 39.0 Å². The van der Waals surface area contributed by atoms with Crippen LogP contribution in [-0.4, -0.2) is 22.7 Å². The van der Waals surface area contributed by atoms with E-state index in [0.29, 0.717) is 15.6 Å². The van der Waals surface area contributed by atoms with Crippen LogP contribution >= 0.6 is 23.2 Å². The fourth-order valence-electron chi connectivity index (χ4n) is 3.07. The molecule has 1 N–H and O–H groups in total. The molecule has 2 aromatic carbocycles. The van der Waals surface area contributed by atoms with Gasteiger partial charge >= 0.3 is 5.97 Å². The predicted molar refractivity (Wildman–Crippen MR) is 117 cm³/mol. The Bertz CT molecular complexity index is 1060. The van der Waals surface area contributed by atoms with E-state index in [-0.39, 0.29) is 6.61 Å². The number of nitrogens with zero attached hydrogens (tertiary/aromatic N) is 1. The van der Waals surface area contributed by atoms with Gasteiger partial charge in [0.2, 0.25) is 0 Å². The van der Waals surface area contributed by atoms with Gasteiger partial charge in [-0.15, -0.1) is 0 Å². The topological polar surface area (TPSA) is 59.4 Å². The van der Waals surface area contributed by atoms with Gasteiger partial charge in [-0.2, -0.15) is 0 Å². The Morgan fingerprint density at radius 2 is 1.79 bits per heavy atom. The number of carbonyl (C=O) groups is 1. The zero-order valence-corrected chi connectivity index (χ0v) is 18.3. The second-order valence-corrected chi connectivity index (χ2v) is 8.88. The van der Waals surface area contributed by atoms with E-state index in [0.717, 1.165) is 27.7 Å². The van der Waals surface area contributed by atoms with Crippen LogP contribution in [0.4, 0.5) is 0 Å². The Morgan fingerprint density at radius 1 is 1.14 bits per heavy atom. The first-order chi connectivity index (χ1) is 13.6. The van der Waals surface area contributed by atoms with Crippen molar-refractivity contribution < 1.29 is 14.6 Å². The molecule has 0 spiro atoms. The van der Waals surface area contributed by atoms with Crippen LogP contribution in [0.15, 0.2) is 42.5 Å². The SMILES string of the molecule is Cc1ccc2c(-c3ccc(Cl)cc3)c([C@@H](O)COC(=O)C(C)(C)C)c(Cl)cc2n1. The lowest BCUT2D eigenvalue weighted by Crippen LogP contribution is -2.25. The van der Waals surface area contributed by atoms with Crippen molar-refractivity contribution in [1.29, 1.82) is 0 Å². The van der Waals surface area contributed by atoms with Gasteiger partial charge in [-0.1, -0.05) is 41.4 Å². The first kappa shape index (κ1) is 21.6. The molecule has 0 amide bonds. The van der Waals surface area contributed by atoms with Crippen LogP contribution in [-0.2, 0) is 9.53 Å². The number of esters is 1. The fraction of sp³-hybridized carbons (Fsp3) is 0.304.